The Morgan fingerprint density at radius 2 is 1.54 bits per heavy atom. The number of hydrogen-bond acceptors (Lipinski definition) is 5. The van der Waals surface area contributed by atoms with Crippen molar-refractivity contribution in [3.05, 3.63) is 131 Å². The van der Waals surface area contributed by atoms with Gasteiger partial charge in [-0.25, -0.2) is 0 Å². The van der Waals surface area contributed by atoms with E-state index < -0.39 is 17.7 Å². The Morgan fingerprint density at radius 1 is 0.805 bits per heavy atom. The molecule has 0 fully saturated rings. The van der Waals surface area contributed by atoms with Gasteiger partial charge in [0.25, 0.3) is 17.7 Å². The summed E-state index contributed by atoms with van der Waals surface area (Å²) in [5, 5.41) is 8.67. The average molecular weight is 585 g/mol. The summed E-state index contributed by atoms with van der Waals surface area (Å²) in [4.78, 5) is 51.0. The van der Waals surface area contributed by atoms with Crippen LogP contribution >= 0.6 is 23.4 Å². The van der Waals surface area contributed by atoms with E-state index in [0.29, 0.717) is 27.5 Å². The monoisotopic (exact) mass is 584 g/mol. The molecule has 0 radical (unpaired) electrons. The van der Waals surface area contributed by atoms with Crippen LogP contribution < -0.4 is 21.7 Å². The lowest BCUT2D eigenvalue weighted by Crippen LogP contribution is -2.30. The van der Waals surface area contributed by atoms with Gasteiger partial charge in [0.2, 0.25) is 5.91 Å². The van der Waals surface area contributed by atoms with E-state index in [-0.39, 0.29) is 22.9 Å². The van der Waals surface area contributed by atoms with E-state index in [1.165, 1.54) is 23.9 Å². The molecule has 0 atom stereocenters. The van der Waals surface area contributed by atoms with E-state index in [0.717, 1.165) is 4.90 Å². The van der Waals surface area contributed by atoms with E-state index >= 15 is 0 Å². The van der Waals surface area contributed by atoms with Crippen molar-refractivity contribution in [2.24, 2.45) is 5.73 Å². The van der Waals surface area contributed by atoms with E-state index in [2.05, 4.69) is 16.0 Å². The molecule has 4 aromatic rings. The highest BCUT2D eigenvalue weighted by Crippen LogP contribution is 2.23. The molecule has 41 heavy (non-hydrogen) atoms. The Hall–Kier alpha value is -4.86. The lowest BCUT2D eigenvalue weighted by atomic mass is 10.1. The maximum Gasteiger partial charge on any atom is 0.272 e. The average Bonchev–Trinajstić information content (AvgIpc) is 2.96. The van der Waals surface area contributed by atoms with Gasteiger partial charge in [0.15, 0.2) is 0 Å². The zero-order valence-corrected chi connectivity index (χ0v) is 23.2. The molecule has 0 aliphatic carbocycles. The minimum atomic E-state index is -0.638. The second-order valence-electron chi connectivity index (χ2n) is 8.66. The van der Waals surface area contributed by atoms with Crippen LogP contribution in [0, 0.1) is 0 Å². The number of rotatable bonds is 10. The highest BCUT2D eigenvalue weighted by molar-refractivity contribution is 8.00. The Kier molecular flexibility index (Phi) is 9.93. The zero-order chi connectivity index (χ0) is 29.2. The van der Waals surface area contributed by atoms with Gasteiger partial charge in [-0.1, -0.05) is 60.1 Å². The predicted molar refractivity (Wildman–Crippen MR) is 163 cm³/mol. The molecule has 0 aliphatic heterocycles. The minimum absolute atomic E-state index is 0.0201. The molecule has 0 aliphatic rings. The predicted octanol–water partition coefficient (Wildman–Crippen LogP) is 5.58. The smallest absolute Gasteiger partial charge is 0.272 e. The van der Waals surface area contributed by atoms with Crippen LogP contribution in [-0.4, -0.2) is 29.4 Å². The van der Waals surface area contributed by atoms with Gasteiger partial charge in [-0.2, -0.15) is 0 Å². The molecule has 0 heterocycles. The largest absolute Gasteiger partial charge is 0.366 e. The number of anilines is 2. The van der Waals surface area contributed by atoms with Crippen LogP contribution in [0.15, 0.2) is 114 Å². The third-order valence-corrected chi connectivity index (χ3v) is 6.85. The van der Waals surface area contributed by atoms with Crippen molar-refractivity contribution in [2.75, 3.05) is 16.4 Å². The van der Waals surface area contributed by atoms with E-state index in [1.807, 2.05) is 0 Å². The quantitative estimate of drug-likeness (QED) is 0.143. The molecule has 0 unspecified atom stereocenters. The molecule has 0 aromatic heterocycles. The number of amides is 4. The summed E-state index contributed by atoms with van der Waals surface area (Å²) in [5.41, 5.74) is 7.44. The van der Waals surface area contributed by atoms with Crippen molar-refractivity contribution in [1.29, 1.82) is 0 Å². The number of benzene rings is 4. The van der Waals surface area contributed by atoms with Crippen molar-refractivity contribution in [1.82, 2.24) is 5.32 Å². The molecule has 0 spiro atoms. The molecule has 0 saturated heterocycles. The van der Waals surface area contributed by atoms with E-state index in [1.54, 1.807) is 97.1 Å². The molecule has 10 heteroatoms. The van der Waals surface area contributed by atoms with Crippen molar-refractivity contribution in [3.8, 4) is 0 Å². The summed E-state index contributed by atoms with van der Waals surface area (Å²) in [6, 6.07) is 28.9. The van der Waals surface area contributed by atoms with Crippen molar-refractivity contribution in [3.63, 3.8) is 0 Å². The molecule has 4 aromatic carbocycles. The van der Waals surface area contributed by atoms with Crippen LogP contribution in [0.1, 0.15) is 26.3 Å². The molecule has 4 rings (SSSR count). The summed E-state index contributed by atoms with van der Waals surface area (Å²) in [6.07, 6.45) is 1.54. The number of carbonyl (C=O) groups is 4. The standard InChI is InChI=1S/C31H25ClN4O4S/c32-22-11-6-8-20(16-22)17-27(36-30(39)21-9-2-1-3-10-21)31(40)34-23-12-7-13-24(18-23)41-19-28(37)35-26-15-5-4-14-25(26)29(33)38/h1-18H,19H2,(H2,33,38)(H,34,40)(H,35,37)(H,36,39)/b27-17+. The lowest BCUT2D eigenvalue weighted by Gasteiger charge is -2.12. The molecular weight excluding hydrogens is 560 g/mol. The highest BCUT2D eigenvalue weighted by Gasteiger charge is 2.16. The van der Waals surface area contributed by atoms with Gasteiger partial charge in [-0.05, 0) is 66.2 Å². The van der Waals surface area contributed by atoms with E-state index in [9.17, 15) is 19.2 Å². The van der Waals surface area contributed by atoms with Crippen LogP contribution in [0.3, 0.4) is 0 Å². The highest BCUT2D eigenvalue weighted by atomic mass is 35.5. The number of carbonyl (C=O) groups excluding carboxylic acids is 4. The molecule has 4 amide bonds. The maximum absolute atomic E-state index is 13.3. The maximum atomic E-state index is 13.3. The summed E-state index contributed by atoms with van der Waals surface area (Å²) < 4.78 is 0. The SMILES string of the molecule is NC(=O)c1ccccc1NC(=O)CSc1cccc(NC(=O)/C(=C\c2cccc(Cl)c2)NC(=O)c2ccccc2)c1. The number of halogens is 1. The fourth-order valence-corrected chi connectivity index (χ4v) is 4.66. The van der Waals surface area contributed by atoms with Crippen LogP contribution in [0.4, 0.5) is 11.4 Å². The number of primary amides is 1. The zero-order valence-electron chi connectivity index (χ0n) is 21.6. The second-order valence-corrected chi connectivity index (χ2v) is 10.1. The van der Waals surface area contributed by atoms with Gasteiger partial charge in [0, 0.05) is 21.2 Å². The number of nitrogens with one attached hydrogen (secondary N) is 3. The summed E-state index contributed by atoms with van der Waals surface area (Å²) in [5.74, 6) is -1.90. The molecule has 5 N–H and O–H groups in total. The Labute approximate surface area is 246 Å². The Morgan fingerprint density at radius 3 is 2.29 bits per heavy atom. The first-order valence-electron chi connectivity index (χ1n) is 12.3. The first-order valence-corrected chi connectivity index (χ1v) is 13.7. The summed E-state index contributed by atoms with van der Waals surface area (Å²) >= 11 is 7.35. The Balaban J connectivity index is 1.45. The second kappa shape index (κ2) is 14.0. The van der Waals surface area contributed by atoms with Gasteiger partial charge in [-0.3, -0.25) is 19.2 Å². The molecule has 0 saturated carbocycles. The van der Waals surface area contributed by atoms with Crippen LogP contribution in [-0.2, 0) is 9.59 Å². The van der Waals surface area contributed by atoms with Gasteiger partial charge in [-0.15, -0.1) is 11.8 Å². The van der Waals surface area contributed by atoms with Gasteiger partial charge >= 0.3 is 0 Å². The van der Waals surface area contributed by atoms with Crippen LogP contribution in [0.25, 0.3) is 6.08 Å². The fourth-order valence-electron chi connectivity index (χ4n) is 3.71. The fraction of sp³-hybridized carbons (Fsp3) is 0.0323. The topological polar surface area (TPSA) is 130 Å². The number of nitrogens with two attached hydrogens (primary N) is 1. The van der Waals surface area contributed by atoms with Crippen molar-refractivity contribution < 1.29 is 19.2 Å². The summed E-state index contributed by atoms with van der Waals surface area (Å²) in [6.45, 7) is 0. The van der Waals surface area contributed by atoms with Gasteiger partial charge in [0.05, 0.1) is 17.0 Å². The molecular formula is C31H25ClN4O4S. The number of thioether (sulfide) groups is 1. The van der Waals surface area contributed by atoms with Crippen LogP contribution in [0.2, 0.25) is 5.02 Å². The first kappa shape index (κ1) is 29.1. The third-order valence-electron chi connectivity index (χ3n) is 5.62. The van der Waals surface area contributed by atoms with Crippen molar-refractivity contribution >= 4 is 64.4 Å². The molecule has 206 valence electrons. The third kappa shape index (κ3) is 8.56. The van der Waals surface area contributed by atoms with Gasteiger partial charge in [0.1, 0.15) is 5.70 Å². The minimum Gasteiger partial charge on any atom is -0.366 e. The number of hydrogen-bond donors (Lipinski definition) is 4. The number of para-hydroxylation sites is 1. The summed E-state index contributed by atoms with van der Waals surface area (Å²) in [7, 11) is 0. The Bertz CT molecular complexity index is 1630. The van der Waals surface area contributed by atoms with Gasteiger partial charge < -0.3 is 21.7 Å². The molecule has 8 nitrogen and oxygen atoms in total. The normalized spacial score (nSPS) is 10.9. The first-order chi connectivity index (χ1) is 19.8. The van der Waals surface area contributed by atoms with Crippen LogP contribution in [0.5, 0.6) is 0 Å². The van der Waals surface area contributed by atoms with E-state index in [4.69, 9.17) is 17.3 Å². The lowest BCUT2D eigenvalue weighted by molar-refractivity contribution is -0.114. The molecule has 0 bridgehead atoms. The van der Waals surface area contributed by atoms with Crippen molar-refractivity contribution in [2.45, 2.75) is 4.90 Å².